The summed E-state index contributed by atoms with van der Waals surface area (Å²) in [4.78, 5) is 28.4. The van der Waals surface area contributed by atoms with Gasteiger partial charge in [0.15, 0.2) is 0 Å². The van der Waals surface area contributed by atoms with Crippen molar-refractivity contribution in [3.63, 3.8) is 0 Å². The minimum Gasteiger partial charge on any atom is -0.458 e. The van der Waals surface area contributed by atoms with Crippen LogP contribution in [0.2, 0.25) is 0 Å². The molecule has 5 unspecified atom stereocenters. The van der Waals surface area contributed by atoms with Crippen molar-refractivity contribution >= 4 is 11.9 Å². The molecule has 7 nitrogen and oxygen atoms in total. The average Bonchev–Trinajstić information content (AvgIpc) is 3.41. The number of carbonyl (C=O) groups excluding carboxylic acids is 2. The lowest BCUT2D eigenvalue weighted by atomic mass is 9.46. The Kier molecular flexibility index (Phi) is 4.46. The van der Waals surface area contributed by atoms with Gasteiger partial charge in [0.2, 0.25) is 5.91 Å². The summed E-state index contributed by atoms with van der Waals surface area (Å²) >= 11 is 0. The number of rotatable bonds is 4. The number of esters is 1. The number of likely N-dealkylation sites (tertiary alicyclic amines) is 1. The van der Waals surface area contributed by atoms with Crippen molar-refractivity contribution in [3.8, 4) is 6.07 Å². The number of fused-ring (bicyclic) bond motifs is 1. The van der Waals surface area contributed by atoms with Crippen molar-refractivity contribution in [1.29, 1.82) is 5.26 Å². The quantitative estimate of drug-likeness (QED) is 0.664. The fraction of sp³-hybridized carbons (Fsp3) is 0.875. The fourth-order valence-corrected chi connectivity index (χ4v) is 8.38. The predicted octanol–water partition coefficient (Wildman–Crippen LogP) is 1.85. The number of amides is 1. The third-order valence-corrected chi connectivity index (χ3v) is 9.40. The molecule has 0 spiro atoms. The molecule has 7 rings (SSSR count). The molecule has 31 heavy (non-hydrogen) atoms. The molecule has 2 saturated heterocycles. The van der Waals surface area contributed by atoms with E-state index in [2.05, 4.69) is 11.4 Å². The van der Waals surface area contributed by atoms with E-state index in [9.17, 15) is 14.9 Å². The summed E-state index contributed by atoms with van der Waals surface area (Å²) in [6.07, 6.45) is 10.5. The molecule has 7 aliphatic rings. The van der Waals surface area contributed by atoms with E-state index in [1.165, 1.54) is 6.42 Å². The van der Waals surface area contributed by atoms with Gasteiger partial charge in [-0.15, -0.1) is 0 Å². The third kappa shape index (κ3) is 3.13. The average molecular weight is 427 g/mol. The number of nitrogens with one attached hydrogen (secondary N) is 1. The van der Waals surface area contributed by atoms with Crippen molar-refractivity contribution in [1.82, 2.24) is 10.2 Å². The Bertz CT molecular complexity index is 817. The van der Waals surface area contributed by atoms with E-state index in [-0.39, 0.29) is 35.4 Å². The number of ether oxygens (including phenoxy) is 1. The molecule has 4 bridgehead atoms. The Morgan fingerprint density at radius 3 is 2.58 bits per heavy atom. The lowest BCUT2D eigenvalue weighted by molar-refractivity contribution is -0.207. The Morgan fingerprint density at radius 1 is 1.13 bits per heavy atom. The van der Waals surface area contributed by atoms with Gasteiger partial charge in [0, 0.05) is 6.04 Å². The SMILES string of the molecule is N#C[C@@H]1CC2CC2N1C(=O)[C@@H](N)C12CC3C[C@H](CC(OC(=O)[C@@H]4CCCCN4)(C3)C1)C2. The van der Waals surface area contributed by atoms with Crippen LogP contribution in [0, 0.1) is 34.5 Å². The lowest BCUT2D eigenvalue weighted by Crippen LogP contribution is -2.66. The molecule has 5 saturated carbocycles. The maximum absolute atomic E-state index is 13.6. The molecule has 7 heteroatoms. The maximum Gasteiger partial charge on any atom is 0.323 e. The second-order valence-corrected chi connectivity index (χ2v) is 11.6. The molecule has 2 heterocycles. The van der Waals surface area contributed by atoms with Gasteiger partial charge in [-0.2, -0.15) is 5.26 Å². The van der Waals surface area contributed by atoms with Crippen LogP contribution in [0.3, 0.4) is 0 Å². The van der Waals surface area contributed by atoms with Crippen LogP contribution in [0.1, 0.15) is 70.6 Å². The minimum absolute atomic E-state index is 0.0334. The van der Waals surface area contributed by atoms with Crippen molar-refractivity contribution in [2.45, 2.75) is 100 Å². The number of hydrogen-bond acceptors (Lipinski definition) is 6. The number of piperidine rings is 2. The second-order valence-electron chi connectivity index (χ2n) is 11.6. The van der Waals surface area contributed by atoms with Gasteiger partial charge >= 0.3 is 5.97 Å². The highest BCUT2D eigenvalue weighted by Crippen LogP contribution is 2.64. The van der Waals surface area contributed by atoms with Crippen molar-refractivity contribution in [2.24, 2.45) is 28.9 Å². The summed E-state index contributed by atoms with van der Waals surface area (Å²) in [7, 11) is 0. The van der Waals surface area contributed by atoms with Crippen molar-refractivity contribution < 1.29 is 14.3 Å². The monoisotopic (exact) mass is 426 g/mol. The molecule has 9 atom stereocenters. The highest BCUT2D eigenvalue weighted by atomic mass is 16.6. The van der Waals surface area contributed by atoms with E-state index >= 15 is 0 Å². The second kappa shape index (κ2) is 6.92. The Hall–Kier alpha value is -1.65. The van der Waals surface area contributed by atoms with Gasteiger partial charge < -0.3 is 20.7 Å². The molecule has 1 amide bonds. The molecule has 7 fully saturated rings. The zero-order valence-electron chi connectivity index (χ0n) is 18.2. The summed E-state index contributed by atoms with van der Waals surface area (Å²) < 4.78 is 6.31. The van der Waals surface area contributed by atoms with E-state index in [1.54, 1.807) is 0 Å². The zero-order valence-corrected chi connectivity index (χ0v) is 18.2. The topological polar surface area (TPSA) is 108 Å². The van der Waals surface area contributed by atoms with Crippen LogP contribution in [0.15, 0.2) is 0 Å². The van der Waals surface area contributed by atoms with Crippen LogP contribution in [-0.2, 0) is 14.3 Å². The molecule has 0 aromatic rings. The van der Waals surface area contributed by atoms with Crippen LogP contribution in [0.4, 0.5) is 0 Å². The number of nitrogens with zero attached hydrogens (tertiary/aromatic N) is 2. The van der Waals surface area contributed by atoms with E-state index in [0.29, 0.717) is 24.2 Å². The Labute approximate surface area is 184 Å². The fourth-order valence-electron chi connectivity index (χ4n) is 8.38. The molecule has 0 radical (unpaired) electrons. The molecule has 3 N–H and O–H groups in total. The molecule has 0 aromatic carbocycles. The van der Waals surface area contributed by atoms with E-state index in [4.69, 9.17) is 10.5 Å². The number of nitrogens with two attached hydrogens (primary N) is 1. The molecule has 2 aliphatic heterocycles. The first-order valence-corrected chi connectivity index (χ1v) is 12.4. The standard InChI is InChI=1S/C24H34N4O3/c25-12-17-6-16-7-19(16)28(17)21(29)20(26)23-8-14-5-15(9-23)11-24(10-14,13-23)31-22(30)18-3-1-2-4-27-18/h14-20,27H,1-11,13,26H2/t14-,15?,16?,17-,18-,19?,20+,23?,24?/m0/s1. The summed E-state index contributed by atoms with van der Waals surface area (Å²) in [6, 6.07) is 1.44. The first-order chi connectivity index (χ1) is 14.9. The van der Waals surface area contributed by atoms with Gasteiger partial charge in [-0.3, -0.25) is 9.59 Å². The smallest absolute Gasteiger partial charge is 0.323 e. The number of nitriles is 1. The largest absolute Gasteiger partial charge is 0.458 e. The van der Waals surface area contributed by atoms with Crippen LogP contribution in [-0.4, -0.2) is 53.1 Å². The minimum atomic E-state index is -0.598. The molecular formula is C24H34N4O3. The first-order valence-electron chi connectivity index (χ1n) is 12.4. The molecule has 168 valence electrons. The van der Waals surface area contributed by atoms with Crippen molar-refractivity contribution in [3.05, 3.63) is 0 Å². The van der Waals surface area contributed by atoms with Crippen LogP contribution >= 0.6 is 0 Å². The van der Waals surface area contributed by atoms with Gasteiger partial charge in [0.25, 0.3) is 0 Å². The molecule has 5 aliphatic carbocycles. The highest BCUT2D eigenvalue weighted by Gasteiger charge is 2.64. The van der Waals surface area contributed by atoms with Crippen molar-refractivity contribution in [2.75, 3.05) is 6.54 Å². The van der Waals surface area contributed by atoms with E-state index < -0.39 is 11.6 Å². The van der Waals surface area contributed by atoms with Gasteiger partial charge in [-0.05, 0) is 93.9 Å². The summed E-state index contributed by atoms with van der Waals surface area (Å²) in [6.45, 7) is 0.874. The zero-order chi connectivity index (χ0) is 21.4. The summed E-state index contributed by atoms with van der Waals surface area (Å²) in [5, 5.41) is 12.9. The maximum atomic E-state index is 13.6. The first kappa shape index (κ1) is 20.0. The van der Waals surface area contributed by atoms with Crippen LogP contribution in [0.25, 0.3) is 0 Å². The summed E-state index contributed by atoms with van der Waals surface area (Å²) in [5.74, 6) is 1.31. The van der Waals surface area contributed by atoms with Gasteiger partial charge in [-0.25, -0.2) is 0 Å². The number of hydrogen-bond donors (Lipinski definition) is 2. The molecule has 0 aromatic heterocycles. The number of carbonyl (C=O) groups is 2. The van der Waals surface area contributed by atoms with Crippen LogP contribution < -0.4 is 11.1 Å². The summed E-state index contributed by atoms with van der Waals surface area (Å²) in [5.41, 5.74) is 6.02. The van der Waals surface area contributed by atoms with E-state index in [1.807, 2.05) is 4.90 Å². The van der Waals surface area contributed by atoms with E-state index in [0.717, 1.165) is 64.3 Å². The van der Waals surface area contributed by atoms with Gasteiger partial charge in [0.1, 0.15) is 17.7 Å². The molecular weight excluding hydrogens is 392 g/mol. The third-order valence-electron chi connectivity index (χ3n) is 9.40. The van der Waals surface area contributed by atoms with Gasteiger partial charge in [0.05, 0.1) is 12.1 Å². The van der Waals surface area contributed by atoms with Crippen LogP contribution in [0.5, 0.6) is 0 Å². The normalized spacial score (nSPS) is 48.1. The predicted molar refractivity (Wildman–Crippen MR) is 112 cm³/mol. The van der Waals surface area contributed by atoms with Gasteiger partial charge in [-0.1, -0.05) is 6.42 Å². The Balaban J connectivity index is 1.23. The Morgan fingerprint density at radius 2 is 1.90 bits per heavy atom. The lowest BCUT2D eigenvalue weighted by Gasteiger charge is -2.62. The highest BCUT2D eigenvalue weighted by molar-refractivity contribution is 5.84.